The molecule has 2 unspecified atom stereocenters. The topological polar surface area (TPSA) is 58.3 Å². The van der Waals surface area contributed by atoms with E-state index in [1.165, 1.54) is 0 Å². The number of nitrogens with one attached hydrogen (secondary N) is 1. The molecule has 0 saturated carbocycles. The Bertz CT molecular complexity index is 120. The highest BCUT2D eigenvalue weighted by atomic mass is 32.2. The molecule has 74 valence electrons. The van der Waals surface area contributed by atoms with Crippen LogP contribution in [0.5, 0.6) is 0 Å². The van der Waals surface area contributed by atoms with Gasteiger partial charge in [0.2, 0.25) is 0 Å². The van der Waals surface area contributed by atoms with Crippen molar-refractivity contribution in [2.75, 3.05) is 25.1 Å². The minimum absolute atomic E-state index is 0.276. The SMILES string of the molecule is CSCC(C)(O)CNC(C)CN. The summed E-state index contributed by atoms with van der Waals surface area (Å²) >= 11 is 1.65. The summed E-state index contributed by atoms with van der Waals surface area (Å²) in [5.41, 5.74) is 4.80. The van der Waals surface area contributed by atoms with Crippen LogP contribution in [0.4, 0.5) is 0 Å². The molecule has 0 saturated heterocycles. The average molecular weight is 192 g/mol. The van der Waals surface area contributed by atoms with Crippen molar-refractivity contribution in [2.24, 2.45) is 5.73 Å². The van der Waals surface area contributed by atoms with Gasteiger partial charge in [0.25, 0.3) is 0 Å². The van der Waals surface area contributed by atoms with Gasteiger partial charge >= 0.3 is 0 Å². The first-order valence-corrected chi connectivity index (χ1v) is 5.56. The molecule has 0 heterocycles. The van der Waals surface area contributed by atoms with Crippen LogP contribution in [0.15, 0.2) is 0 Å². The maximum atomic E-state index is 9.73. The summed E-state index contributed by atoms with van der Waals surface area (Å²) in [6.45, 7) is 5.05. The molecular weight excluding hydrogens is 172 g/mol. The summed E-state index contributed by atoms with van der Waals surface area (Å²) in [5, 5.41) is 12.9. The molecular formula is C8H20N2OS. The lowest BCUT2D eigenvalue weighted by Gasteiger charge is -2.24. The highest BCUT2D eigenvalue weighted by Crippen LogP contribution is 2.08. The van der Waals surface area contributed by atoms with Gasteiger partial charge in [-0.2, -0.15) is 11.8 Å². The van der Waals surface area contributed by atoms with Crippen molar-refractivity contribution < 1.29 is 5.11 Å². The van der Waals surface area contributed by atoms with Crippen LogP contribution in [0.25, 0.3) is 0 Å². The van der Waals surface area contributed by atoms with Crippen molar-refractivity contribution >= 4 is 11.8 Å². The lowest BCUT2D eigenvalue weighted by atomic mass is 10.1. The largest absolute Gasteiger partial charge is 0.388 e. The van der Waals surface area contributed by atoms with E-state index >= 15 is 0 Å². The first kappa shape index (κ1) is 12.2. The van der Waals surface area contributed by atoms with E-state index in [0.29, 0.717) is 13.1 Å². The van der Waals surface area contributed by atoms with Gasteiger partial charge in [0.05, 0.1) is 5.60 Å². The quantitative estimate of drug-likeness (QED) is 0.556. The number of hydrogen-bond donors (Lipinski definition) is 3. The van der Waals surface area contributed by atoms with Crippen LogP contribution < -0.4 is 11.1 Å². The Morgan fingerprint density at radius 3 is 2.67 bits per heavy atom. The first-order valence-electron chi connectivity index (χ1n) is 4.16. The molecule has 0 aliphatic carbocycles. The van der Waals surface area contributed by atoms with Crippen molar-refractivity contribution in [3.63, 3.8) is 0 Å². The highest BCUT2D eigenvalue weighted by Gasteiger charge is 2.19. The second-order valence-electron chi connectivity index (χ2n) is 3.45. The van der Waals surface area contributed by atoms with Crippen LogP contribution >= 0.6 is 11.8 Å². The molecule has 0 aromatic heterocycles. The molecule has 0 fully saturated rings. The Morgan fingerprint density at radius 1 is 1.67 bits per heavy atom. The third-order valence-electron chi connectivity index (χ3n) is 1.64. The number of hydrogen-bond acceptors (Lipinski definition) is 4. The van der Waals surface area contributed by atoms with Crippen molar-refractivity contribution in [3.05, 3.63) is 0 Å². The van der Waals surface area contributed by atoms with Gasteiger partial charge < -0.3 is 16.2 Å². The van der Waals surface area contributed by atoms with Crippen LogP contribution in [0.2, 0.25) is 0 Å². The Kier molecular flexibility index (Phi) is 5.92. The number of aliphatic hydroxyl groups is 1. The predicted octanol–water partition coefficient (Wildman–Crippen LogP) is 0.0372. The Balaban J connectivity index is 3.59. The normalized spacial score (nSPS) is 18.8. The smallest absolute Gasteiger partial charge is 0.0833 e. The molecule has 4 N–H and O–H groups in total. The van der Waals surface area contributed by atoms with Crippen LogP contribution in [0, 0.1) is 0 Å². The molecule has 0 amide bonds. The van der Waals surface area contributed by atoms with Crippen LogP contribution in [0.3, 0.4) is 0 Å². The summed E-state index contributed by atoms with van der Waals surface area (Å²) in [7, 11) is 0. The van der Waals surface area contributed by atoms with Crippen molar-refractivity contribution in [2.45, 2.75) is 25.5 Å². The van der Waals surface area contributed by atoms with Crippen molar-refractivity contribution in [3.8, 4) is 0 Å². The highest BCUT2D eigenvalue weighted by molar-refractivity contribution is 7.98. The fourth-order valence-corrected chi connectivity index (χ4v) is 1.56. The standard InChI is InChI=1S/C8H20N2OS/c1-7(4-9)10-5-8(2,11)6-12-3/h7,10-11H,4-6,9H2,1-3H3. The molecule has 0 bridgehead atoms. The first-order chi connectivity index (χ1) is 5.52. The van der Waals surface area contributed by atoms with Gasteiger partial charge in [0, 0.05) is 24.9 Å². The molecule has 4 heteroatoms. The van der Waals surface area contributed by atoms with E-state index < -0.39 is 5.60 Å². The maximum absolute atomic E-state index is 9.73. The summed E-state index contributed by atoms with van der Waals surface area (Å²) in [4.78, 5) is 0. The van der Waals surface area contributed by atoms with Gasteiger partial charge in [-0.3, -0.25) is 0 Å². The van der Waals surface area contributed by atoms with E-state index in [1.807, 2.05) is 20.1 Å². The molecule has 0 radical (unpaired) electrons. The Hall–Kier alpha value is 0.230. The lowest BCUT2D eigenvalue weighted by Crippen LogP contribution is -2.45. The fraction of sp³-hybridized carbons (Fsp3) is 1.00. The van der Waals surface area contributed by atoms with Crippen LogP contribution in [-0.2, 0) is 0 Å². The number of thioether (sulfide) groups is 1. The zero-order valence-electron chi connectivity index (χ0n) is 8.13. The Labute approximate surface area is 79.1 Å². The van der Waals surface area contributed by atoms with E-state index in [0.717, 1.165) is 5.75 Å². The van der Waals surface area contributed by atoms with Crippen molar-refractivity contribution in [1.29, 1.82) is 0 Å². The summed E-state index contributed by atoms with van der Waals surface area (Å²) < 4.78 is 0. The lowest BCUT2D eigenvalue weighted by molar-refractivity contribution is 0.0824. The molecule has 0 aliphatic rings. The van der Waals surface area contributed by atoms with Gasteiger partial charge in [0.1, 0.15) is 0 Å². The summed E-state index contributed by atoms with van der Waals surface area (Å²) in [6.07, 6.45) is 1.99. The monoisotopic (exact) mass is 192 g/mol. The summed E-state index contributed by atoms with van der Waals surface area (Å²) in [5.74, 6) is 0.747. The predicted molar refractivity (Wildman–Crippen MR) is 55.5 cm³/mol. The molecule has 0 aliphatic heterocycles. The molecule has 0 aromatic carbocycles. The number of rotatable bonds is 6. The minimum atomic E-state index is -0.622. The molecule has 0 spiro atoms. The zero-order chi connectivity index (χ0) is 9.61. The van der Waals surface area contributed by atoms with E-state index in [9.17, 15) is 5.11 Å². The molecule has 3 nitrogen and oxygen atoms in total. The molecule has 0 aromatic rings. The van der Waals surface area contributed by atoms with E-state index in [1.54, 1.807) is 11.8 Å². The minimum Gasteiger partial charge on any atom is -0.388 e. The third-order valence-corrected chi connectivity index (χ3v) is 2.55. The molecule has 0 rings (SSSR count). The average Bonchev–Trinajstić information content (AvgIpc) is 2.00. The van der Waals surface area contributed by atoms with Gasteiger partial charge in [0.15, 0.2) is 0 Å². The zero-order valence-corrected chi connectivity index (χ0v) is 8.95. The van der Waals surface area contributed by atoms with Gasteiger partial charge in [-0.25, -0.2) is 0 Å². The van der Waals surface area contributed by atoms with Gasteiger partial charge in [-0.1, -0.05) is 0 Å². The van der Waals surface area contributed by atoms with Crippen molar-refractivity contribution in [1.82, 2.24) is 5.32 Å². The third kappa shape index (κ3) is 5.83. The Morgan fingerprint density at radius 2 is 2.25 bits per heavy atom. The molecule has 2 atom stereocenters. The second kappa shape index (κ2) is 5.80. The van der Waals surface area contributed by atoms with Gasteiger partial charge in [-0.05, 0) is 20.1 Å². The summed E-state index contributed by atoms with van der Waals surface area (Å²) in [6, 6.07) is 0.276. The van der Waals surface area contributed by atoms with Gasteiger partial charge in [-0.15, -0.1) is 0 Å². The van der Waals surface area contributed by atoms with E-state index in [4.69, 9.17) is 5.73 Å². The van der Waals surface area contributed by atoms with E-state index in [2.05, 4.69) is 5.32 Å². The maximum Gasteiger partial charge on any atom is 0.0833 e. The van der Waals surface area contributed by atoms with Crippen LogP contribution in [0.1, 0.15) is 13.8 Å². The van der Waals surface area contributed by atoms with Crippen LogP contribution in [-0.4, -0.2) is 41.8 Å². The fourth-order valence-electron chi connectivity index (χ4n) is 0.839. The van der Waals surface area contributed by atoms with E-state index in [-0.39, 0.29) is 6.04 Å². The second-order valence-corrected chi connectivity index (χ2v) is 4.31. The molecule has 12 heavy (non-hydrogen) atoms. The number of nitrogens with two attached hydrogens (primary N) is 1.